The molecule has 0 radical (unpaired) electrons. The number of anilines is 1. The van der Waals surface area contributed by atoms with Gasteiger partial charge in [-0.2, -0.15) is 18.3 Å². The topological polar surface area (TPSA) is 57.8 Å². The Morgan fingerprint density at radius 2 is 1.88 bits per heavy atom. The molecule has 2 N–H and O–H groups in total. The summed E-state index contributed by atoms with van der Waals surface area (Å²) in [7, 11) is 0. The van der Waals surface area contributed by atoms with Crippen LogP contribution in [0.15, 0.2) is 41.2 Å². The van der Waals surface area contributed by atoms with Gasteiger partial charge in [0.1, 0.15) is 5.82 Å². The smallest absolute Gasteiger partial charge is 0.381 e. The molecule has 0 aliphatic heterocycles. The first kappa shape index (κ1) is 17.2. The number of fused-ring (bicyclic) bond motifs is 1. The monoisotopic (exact) mass is 371 g/mol. The first-order valence-corrected chi connectivity index (χ1v) is 7.41. The van der Waals surface area contributed by atoms with Gasteiger partial charge in [0.25, 0.3) is 5.56 Å². The Kier molecular flexibility index (Phi) is 4.38. The van der Waals surface area contributed by atoms with Gasteiger partial charge in [-0.05, 0) is 36.4 Å². The maximum Gasteiger partial charge on any atom is 0.416 e. The van der Waals surface area contributed by atoms with Crippen LogP contribution in [0.25, 0.3) is 10.8 Å². The molecule has 0 atom stereocenters. The van der Waals surface area contributed by atoms with Gasteiger partial charge in [-0.25, -0.2) is 9.49 Å². The van der Waals surface area contributed by atoms with Crippen molar-refractivity contribution in [2.45, 2.75) is 12.7 Å². The molecular formula is C16H10ClF4N3O. The molecule has 0 spiro atoms. The number of alkyl halides is 3. The minimum absolute atomic E-state index is 0.0727. The van der Waals surface area contributed by atoms with Gasteiger partial charge in [0.2, 0.25) is 0 Å². The molecule has 0 aliphatic carbocycles. The third-order valence-corrected chi connectivity index (χ3v) is 3.89. The lowest BCUT2D eigenvalue weighted by Crippen LogP contribution is -2.10. The molecule has 0 fully saturated rings. The van der Waals surface area contributed by atoms with Crippen molar-refractivity contribution in [3.05, 3.63) is 68.8 Å². The van der Waals surface area contributed by atoms with Crippen LogP contribution >= 0.6 is 11.6 Å². The Bertz CT molecular complexity index is 1000. The highest BCUT2D eigenvalue weighted by molar-refractivity contribution is 6.34. The minimum atomic E-state index is -4.55. The number of aromatic nitrogens is 2. The number of rotatable bonds is 3. The van der Waals surface area contributed by atoms with Crippen LogP contribution < -0.4 is 10.9 Å². The number of benzene rings is 2. The number of hydrogen-bond acceptors (Lipinski definition) is 3. The fourth-order valence-corrected chi connectivity index (χ4v) is 2.53. The third-order valence-electron chi connectivity index (χ3n) is 3.60. The zero-order valence-electron chi connectivity index (χ0n) is 12.4. The second-order valence-corrected chi connectivity index (χ2v) is 5.62. The van der Waals surface area contributed by atoms with Gasteiger partial charge in [0.05, 0.1) is 10.9 Å². The van der Waals surface area contributed by atoms with E-state index in [2.05, 4.69) is 15.5 Å². The summed E-state index contributed by atoms with van der Waals surface area (Å²) < 4.78 is 51.9. The van der Waals surface area contributed by atoms with Crippen molar-refractivity contribution in [1.29, 1.82) is 0 Å². The van der Waals surface area contributed by atoms with E-state index in [4.69, 9.17) is 11.6 Å². The first-order chi connectivity index (χ1) is 11.8. The third kappa shape index (κ3) is 3.58. The van der Waals surface area contributed by atoms with Gasteiger partial charge >= 0.3 is 6.18 Å². The number of hydrogen-bond donors (Lipinski definition) is 2. The summed E-state index contributed by atoms with van der Waals surface area (Å²) in [5.74, 6) is -0.752. The molecular weight excluding hydrogens is 362 g/mol. The quantitative estimate of drug-likeness (QED) is 0.673. The average Bonchev–Trinajstić information content (AvgIpc) is 2.56. The van der Waals surface area contributed by atoms with Crippen LogP contribution in [0.1, 0.15) is 11.1 Å². The van der Waals surface area contributed by atoms with Crippen LogP contribution in [-0.4, -0.2) is 10.2 Å². The molecule has 130 valence electrons. The van der Waals surface area contributed by atoms with Gasteiger partial charge in [0.15, 0.2) is 5.15 Å². The molecule has 0 amide bonds. The van der Waals surface area contributed by atoms with E-state index < -0.39 is 23.1 Å². The molecule has 0 saturated heterocycles. The standard InChI is InChI=1S/C16H10ClF4N3O/c17-14-12-6-10(2-3-11(12)15(25)24-23-14)22-7-8-5-9(16(19,20)21)1-4-13(8)18/h1-6,22H,7H2,(H,24,25). The fraction of sp³-hybridized carbons (Fsp3) is 0.125. The van der Waals surface area contributed by atoms with Gasteiger partial charge in [-0.3, -0.25) is 4.79 Å². The van der Waals surface area contributed by atoms with Crippen LogP contribution in [0.5, 0.6) is 0 Å². The van der Waals surface area contributed by atoms with Gasteiger partial charge in [-0.1, -0.05) is 11.6 Å². The molecule has 25 heavy (non-hydrogen) atoms. The number of nitrogens with one attached hydrogen (secondary N) is 2. The van der Waals surface area contributed by atoms with Crippen molar-refractivity contribution < 1.29 is 17.6 Å². The Morgan fingerprint density at radius 1 is 1.12 bits per heavy atom. The SMILES string of the molecule is O=c1[nH]nc(Cl)c2cc(NCc3cc(C(F)(F)F)ccc3F)ccc12. The lowest BCUT2D eigenvalue weighted by molar-refractivity contribution is -0.137. The number of nitrogens with zero attached hydrogens (tertiary/aromatic N) is 1. The van der Waals surface area contributed by atoms with Crippen molar-refractivity contribution >= 4 is 28.1 Å². The molecule has 0 aliphatic rings. The van der Waals surface area contributed by atoms with E-state index in [0.29, 0.717) is 22.5 Å². The van der Waals surface area contributed by atoms with E-state index in [0.717, 1.165) is 12.1 Å². The molecule has 1 heterocycles. The summed E-state index contributed by atoms with van der Waals surface area (Å²) in [5, 5.41) is 9.44. The second kappa shape index (κ2) is 6.36. The van der Waals surface area contributed by atoms with Crippen molar-refractivity contribution in [3.63, 3.8) is 0 Å². The molecule has 2 aromatic carbocycles. The Balaban J connectivity index is 1.88. The van der Waals surface area contributed by atoms with Crippen LogP contribution in [0.4, 0.5) is 23.2 Å². The maximum absolute atomic E-state index is 13.7. The molecule has 0 saturated carbocycles. The van der Waals surface area contributed by atoms with E-state index in [1.165, 1.54) is 12.1 Å². The van der Waals surface area contributed by atoms with Gasteiger partial charge < -0.3 is 5.32 Å². The van der Waals surface area contributed by atoms with Crippen LogP contribution in [0.2, 0.25) is 5.15 Å². The lowest BCUT2D eigenvalue weighted by atomic mass is 10.1. The lowest BCUT2D eigenvalue weighted by Gasteiger charge is -2.12. The fourth-order valence-electron chi connectivity index (χ4n) is 2.33. The maximum atomic E-state index is 13.7. The zero-order chi connectivity index (χ0) is 18.2. The van der Waals surface area contributed by atoms with Crippen molar-refractivity contribution in [2.24, 2.45) is 0 Å². The molecule has 3 rings (SSSR count). The molecule has 1 aromatic heterocycles. The minimum Gasteiger partial charge on any atom is -0.381 e. The molecule has 3 aromatic rings. The van der Waals surface area contributed by atoms with Crippen LogP contribution in [-0.2, 0) is 12.7 Å². The predicted octanol–water partition coefficient (Wildman–Crippen LogP) is 4.35. The molecule has 0 unspecified atom stereocenters. The van der Waals surface area contributed by atoms with E-state index in [1.807, 2.05) is 0 Å². The van der Waals surface area contributed by atoms with E-state index >= 15 is 0 Å². The van der Waals surface area contributed by atoms with Gasteiger partial charge in [-0.15, -0.1) is 0 Å². The van der Waals surface area contributed by atoms with Crippen LogP contribution in [0.3, 0.4) is 0 Å². The highest BCUT2D eigenvalue weighted by atomic mass is 35.5. The normalized spacial score (nSPS) is 11.7. The Labute approximate surface area is 143 Å². The first-order valence-electron chi connectivity index (χ1n) is 7.03. The average molecular weight is 372 g/mol. The number of H-pyrrole nitrogens is 1. The summed E-state index contributed by atoms with van der Waals surface area (Å²) in [6.45, 7) is -0.171. The summed E-state index contributed by atoms with van der Waals surface area (Å²) in [6.07, 6.45) is -4.55. The summed E-state index contributed by atoms with van der Waals surface area (Å²) >= 11 is 5.92. The zero-order valence-corrected chi connectivity index (χ0v) is 13.2. The highest BCUT2D eigenvalue weighted by Gasteiger charge is 2.31. The number of aromatic amines is 1. The Morgan fingerprint density at radius 3 is 2.60 bits per heavy atom. The number of halogens is 5. The van der Waals surface area contributed by atoms with E-state index in [9.17, 15) is 22.4 Å². The van der Waals surface area contributed by atoms with E-state index in [1.54, 1.807) is 6.07 Å². The van der Waals surface area contributed by atoms with Crippen LogP contribution in [0, 0.1) is 5.82 Å². The van der Waals surface area contributed by atoms with E-state index in [-0.39, 0.29) is 17.3 Å². The van der Waals surface area contributed by atoms with Crippen molar-refractivity contribution in [1.82, 2.24) is 10.2 Å². The highest BCUT2D eigenvalue weighted by Crippen LogP contribution is 2.30. The second-order valence-electron chi connectivity index (χ2n) is 5.26. The summed E-state index contributed by atoms with van der Waals surface area (Å²) in [6, 6.07) is 6.77. The molecule has 0 bridgehead atoms. The molecule has 4 nitrogen and oxygen atoms in total. The van der Waals surface area contributed by atoms with Gasteiger partial charge in [0, 0.05) is 23.2 Å². The predicted molar refractivity (Wildman–Crippen MR) is 86.1 cm³/mol. The molecule has 9 heteroatoms. The summed E-state index contributed by atoms with van der Waals surface area (Å²) in [4.78, 5) is 11.6. The summed E-state index contributed by atoms with van der Waals surface area (Å²) in [5.41, 5.74) is -1.03. The largest absolute Gasteiger partial charge is 0.416 e. The van der Waals surface area contributed by atoms with Crippen molar-refractivity contribution in [2.75, 3.05) is 5.32 Å². The Hall–Kier alpha value is -2.61. The van der Waals surface area contributed by atoms with Crippen molar-refractivity contribution in [3.8, 4) is 0 Å².